The van der Waals surface area contributed by atoms with Crippen LogP contribution in [0.4, 0.5) is 0 Å². The maximum Gasteiger partial charge on any atom is 0.312 e. The highest BCUT2D eigenvalue weighted by atomic mass is 16.7. The molecule has 0 spiro atoms. The zero-order chi connectivity index (χ0) is 11.3. The van der Waals surface area contributed by atoms with E-state index in [0.29, 0.717) is 26.1 Å². The Morgan fingerprint density at radius 1 is 1.27 bits per heavy atom. The van der Waals surface area contributed by atoms with Gasteiger partial charge in [0.05, 0.1) is 5.92 Å². The predicted octanol–water partition coefficient (Wildman–Crippen LogP) is 0.865. The zero-order valence-electron chi connectivity index (χ0n) is 9.02. The number of carbonyl (C=O) groups is 2. The lowest BCUT2D eigenvalue weighted by Crippen LogP contribution is -2.29. The van der Waals surface area contributed by atoms with E-state index in [4.69, 9.17) is 14.2 Å². The highest BCUT2D eigenvalue weighted by Gasteiger charge is 2.25. The van der Waals surface area contributed by atoms with Crippen LogP contribution in [-0.4, -0.2) is 31.4 Å². The summed E-state index contributed by atoms with van der Waals surface area (Å²) in [5, 5.41) is 0. The molecule has 0 aromatic heterocycles. The molecule has 0 aliphatic carbocycles. The molecule has 86 valence electrons. The van der Waals surface area contributed by atoms with Crippen molar-refractivity contribution in [3.05, 3.63) is 0 Å². The topological polar surface area (TPSA) is 61.8 Å². The largest absolute Gasteiger partial charge is 0.426 e. The monoisotopic (exact) mass is 216 g/mol. The smallest absolute Gasteiger partial charge is 0.312 e. The lowest BCUT2D eigenvalue weighted by molar-refractivity contribution is -0.187. The molecule has 1 unspecified atom stereocenters. The molecular weight excluding hydrogens is 200 g/mol. The Kier molecular flexibility index (Phi) is 4.55. The zero-order valence-corrected chi connectivity index (χ0v) is 9.02. The van der Waals surface area contributed by atoms with Crippen LogP contribution in [0.15, 0.2) is 0 Å². The van der Waals surface area contributed by atoms with Crippen molar-refractivity contribution < 1.29 is 23.8 Å². The molecule has 1 heterocycles. The number of hydrogen-bond acceptors (Lipinski definition) is 5. The summed E-state index contributed by atoms with van der Waals surface area (Å²) < 4.78 is 14.8. The molecule has 0 aromatic carbocycles. The summed E-state index contributed by atoms with van der Waals surface area (Å²) in [7, 11) is 0. The lowest BCUT2D eigenvalue weighted by Gasteiger charge is -2.22. The third-order valence-electron chi connectivity index (χ3n) is 2.17. The minimum absolute atomic E-state index is 0.128. The average molecular weight is 216 g/mol. The molecule has 15 heavy (non-hydrogen) atoms. The summed E-state index contributed by atoms with van der Waals surface area (Å²) >= 11 is 0. The van der Waals surface area contributed by atoms with Crippen molar-refractivity contribution in [3.63, 3.8) is 0 Å². The van der Waals surface area contributed by atoms with Crippen LogP contribution in [0.5, 0.6) is 0 Å². The van der Waals surface area contributed by atoms with Crippen LogP contribution in [0, 0.1) is 5.92 Å². The van der Waals surface area contributed by atoms with Gasteiger partial charge in [-0.3, -0.25) is 9.59 Å². The van der Waals surface area contributed by atoms with Crippen LogP contribution < -0.4 is 0 Å². The molecule has 0 N–H and O–H groups in total. The van der Waals surface area contributed by atoms with E-state index in [2.05, 4.69) is 0 Å². The minimum Gasteiger partial charge on any atom is -0.426 e. The van der Waals surface area contributed by atoms with E-state index in [0.717, 1.165) is 0 Å². The third-order valence-corrected chi connectivity index (χ3v) is 2.17. The second-order valence-electron chi connectivity index (χ2n) is 3.50. The summed E-state index contributed by atoms with van der Waals surface area (Å²) in [6.45, 7) is 3.97. The summed E-state index contributed by atoms with van der Waals surface area (Å²) in [5.41, 5.74) is 0. The molecule has 1 atom stereocenters. The van der Waals surface area contributed by atoms with Crippen LogP contribution in [0.25, 0.3) is 0 Å². The van der Waals surface area contributed by atoms with E-state index in [1.807, 2.05) is 0 Å². The Morgan fingerprint density at radius 2 is 1.87 bits per heavy atom. The molecule has 0 saturated carbocycles. The lowest BCUT2D eigenvalue weighted by atomic mass is 10.0. The molecule has 5 heteroatoms. The van der Waals surface area contributed by atoms with Gasteiger partial charge in [-0.1, -0.05) is 0 Å². The molecule has 1 aliphatic heterocycles. The van der Waals surface area contributed by atoms with E-state index in [-0.39, 0.29) is 11.9 Å². The van der Waals surface area contributed by atoms with Gasteiger partial charge in [0.1, 0.15) is 0 Å². The molecule has 0 radical (unpaired) electrons. The van der Waals surface area contributed by atoms with Crippen LogP contribution in [-0.2, 0) is 23.8 Å². The van der Waals surface area contributed by atoms with Gasteiger partial charge in [0.2, 0.25) is 6.29 Å². The van der Waals surface area contributed by atoms with Crippen molar-refractivity contribution in [1.82, 2.24) is 0 Å². The van der Waals surface area contributed by atoms with Gasteiger partial charge < -0.3 is 14.2 Å². The maximum atomic E-state index is 11.5. The normalized spacial score (nSPS) is 19.3. The van der Waals surface area contributed by atoms with Gasteiger partial charge in [0.25, 0.3) is 0 Å². The van der Waals surface area contributed by atoms with Crippen LogP contribution in [0.2, 0.25) is 0 Å². The Balaban J connectivity index is 2.30. The fourth-order valence-electron chi connectivity index (χ4n) is 1.45. The molecule has 1 rings (SSSR count). The average Bonchev–Trinajstić information content (AvgIpc) is 2.17. The first-order valence-corrected chi connectivity index (χ1v) is 5.05. The van der Waals surface area contributed by atoms with Crippen molar-refractivity contribution in [3.8, 4) is 0 Å². The first-order valence-electron chi connectivity index (χ1n) is 5.05. The fraction of sp³-hybridized carbons (Fsp3) is 0.800. The quantitative estimate of drug-likeness (QED) is 0.517. The summed E-state index contributed by atoms with van der Waals surface area (Å²) in [6, 6.07) is 0. The van der Waals surface area contributed by atoms with Crippen molar-refractivity contribution in [2.75, 3.05) is 13.2 Å². The van der Waals surface area contributed by atoms with Gasteiger partial charge in [-0.05, 0) is 12.8 Å². The molecule has 0 aromatic rings. The highest BCUT2D eigenvalue weighted by molar-refractivity contribution is 5.73. The molecule has 0 bridgehead atoms. The van der Waals surface area contributed by atoms with E-state index < -0.39 is 12.3 Å². The summed E-state index contributed by atoms with van der Waals surface area (Å²) in [4.78, 5) is 22.1. The Hall–Kier alpha value is -1.10. The van der Waals surface area contributed by atoms with Crippen LogP contribution in [0.1, 0.15) is 26.7 Å². The summed E-state index contributed by atoms with van der Waals surface area (Å²) in [5.74, 6) is -0.897. The van der Waals surface area contributed by atoms with Crippen LogP contribution >= 0.6 is 0 Å². The SMILES string of the molecule is CC(=O)OC(C)OC(=O)C1CCOCC1. The number of esters is 2. The Labute approximate surface area is 88.7 Å². The minimum atomic E-state index is -0.808. The van der Waals surface area contributed by atoms with Crippen molar-refractivity contribution in [1.29, 1.82) is 0 Å². The second-order valence-corrected chi connectivity index (χ2v) is 3.50. The van der Waals surface area contributed by atoms with Gasteiger partial charge in [0.15, 0.2) is 0 Å². The van der Waals surface area contributed by atoms with E-state index >= 15 is 0 Å². The van der Waals surface area contributed by atoms with Crippen molar-refractivity contribution in [2.45, 2.75) is 33.0 Å². The van der Waals surface area contributed by atoms with Gasteiger partial charge in [-0.25, -0.2) is 0 Å². The van der Waals surface area contributed by atoms with Crippen molar-refractivity contribution in [2.24, 2.45) is 5.92 Å². The fourth-order valence-corrected chi connectivity index (χ4v) is 1.45. The van der Waals surface area contributed by atoms with E-state index in [1.54, 1.807) is 0 Å². The number of hydrogen-bond donors (Lipinski definition) is 0. The molecule has 1 aliphatic rings. The maximum absolute atomic E-state index is 11.5. The Bertz CT molecular complexity index is 232. The Morgan fingerprint density at radius 3 is 2.40 bits per heavy atom. The van der Waals surface area contributed by atoms with Crippen molar-refractivity contribution >= 4 is 11.9 Å². The van der Waals surface area contributed by atoms with Gasteiger partial charge in [-0.2, -0.15) is 0 Å². The third kappa shape index (κ3) is 4.29. The number of carbonyl (C=O) groups excluding carboxylic acids is 2. The standard InChI is InChI=1S/C10H16O5/c1-7(11)14-8(2)15-10(12)9-3-5-13-6-4-9/h8-9H,3-6H2,1-2H3. The van der Waals surface area contributed by atoms with E-state index in [9.17, 15) is 9.59 Å². The number of ether oxygens (including phenoxy) is 3. The molecule has 1 saturated heterocycles. The van der Waals surface area contributed by atoms with Gasteiger partial charge in [0, 0.05) is 27.1 Å². The molecule has 1 fully saturated rings. The summed E-state index contributed by atoms with van der Waals surface area (Å²) in [6.07, 6.45) is 0.537. The molecule has 5 nitrogen and oxygen atoms in total. The molecule has 0 amide bonds. The van der Waals surface area contributed by atoms with E-state index in [1.165, 1.54) is 13.8 Å². The number of rotatable bonds is 3. The molecular formula is C10H16O5. The van der Waals surface area contributed by atoms with Gasteiger partial charge in [-0.15, -0.1) is 0 Å². The van der Waals surface area contributed by atoms with Crippen LogP contribution in [0.3, 0.4) is 0 Å². The van der Waals surface area contributed by atoms with Gasteiger partial charge >= 0.3 is 11.9 Å². The first-order chi connectivity index (χ1) is 7.09. The highest BCUT2D eigenvalue weighted by Crippen LogP contribution is 2.17. The first kappa shape index (κ1) is 12.0. The predicted molar refractivity (Wildman–Crippen MR) is 50.9 cm³/mol. The second kappa shape index (κ2) is 5.70.